The van der Waals surface area contributed by atoms with Gasteiger partial charge in [0.05, 0.1) is 23.7 Å². The topological polar surface area (TPSA) is 111 Å². The average molecular weight is 625 g/mol. The summed E-state index contributed by atoms with van der Waals surface area (Å²) in [6, 6.07) is 17.5. The van der Waals surface area contributed by atoms with Gasteiger partial charge in [0.15, 0.2) is 11.0 Å². The fourth-order valence-electron chi connectivity index (χ4n) is 4.38. The molecule has 0 atom stereocenters. The molecule has 1 aliphatic heterocycles. The Morgan fingerprint density at radius 2 is 1.82 bits per heavy atom. The van der Waals surface area contributed by atoms with Gasteiger partial charge in [0, 0.05) is 5.56 Å². The zero-order chi connectivity index (χ0) is 31.4. The van der Waals surface area contributed by atoms with Crippen LogP contribution in [0.3, 0.4) is 0 Å². The molecule has 10 nitrogen and oxygen atoms in total. The van der Waals surface area contributed by atoms with Gasteiger partial charge in [0.1, 0.15) is 12.1 Å². The first-order valence-electron chi connectivity index (χ1n) is 13.4. The van der Waals surface area contributed by atoms with Crippen molar-refractivity contribution in [2.75, 3.05) is 10.7 Å². The molecule has 1 aliphatic rings. The van der Waals surface area contributed by atoms with Crippen LogP contribution in [-0.4, -0.2) is 44.0 Å². The second-order valence-electron chi connectivity index (χ2n) is 10.1. The summed E-state index contributed by atoms with van der Waals surface area (Å²) in [4.78, 5) is 40.5. The third-order valence-corrected chi connectivity index (χ3v) is 7.37. The molecule has 44 heavy (non-hydrogen) atoms. The molecule has 14 heteroatoms. The molecule has 3 amide bonds. The van der Waals surface area contributed by atoms with Gasteiger partial charge in [-0.2, -0.15) is 4.99 Å². The minimum absolute atomic E-state index is 0.0518. The van der Waals surface area contributed by atoms with Crippen molar-refractivity contribution in [2.45, 2.75) is 39.7 Å². The summed E-state index contributed by atoms with van der Waals surface area (Å²) in [5.74, 6) is 0.270. The zero-order valence-electron chi connectivity index (χ0n) is 23.8. The smallest absolute Gasteiger partial charge is 0.406 e. The van der Waals surface area contributed by atoms with Crippen LogP contribution in [-0.2, 0) is 16.2 Å². The van der Waals surface area contributed by atoms with E-state index in [-0.39, 0.29) is 35.1 Å². The van der Waals surface area contributed by atoms with Gasteiger partial charge in [-0.1, -0.05) is 62.0 Å². The number of ether oxygens (including phenoxy) is 1. The van der Waals surface area contributed by atoms with Crippen LogP contribution in [0.1, 0.15) is 36.5 Å². The van der Waals surface area contributed by atoms with Gasteiger partial charge >= 0.3 is 12.4 Å². The Labute approximate surface area is 254 Å². The largest absolute Gasteiger partial charge is 0.573 e. The van der Waals surface area contributed by atoms with Crippen LogP contribution in [0.2, 0.25) is 0 Å². The lowest BCUT2D eigenvalue weighted by molar-refractivity contribution is -0.274. The van der Waals surface area contributed by atoms with E-state index in [1.165, 1.54) is 51.9 Å². The average Bonchev–Trinajstić information content (AvgIpc) is 3.60. The maximum absolute atomic E-state index is 12.7. The van der Waals surface area contributed by atoms with Crippen LogP contribution >= 0.6 is 11.8 Å². The highest BCUT2D eigenvalue weighted by Gasteiger charge is 2.33. The quantitative estimate of drug-likeness (QED) is 0.222. The van der Waals surface area contributed by atoms with Gasteiger partial charge in [-0.25, -0.2) is 19.9 Å². The van der Waals surface area contributed by atoms with Gasteiger partial charge < -0.3 is 4.74 Å². The van der Waals surface area contributed by atoms with Crippen molar-refractivity contribution >= 4 is 34.6 Å². The molecule has 0 saturated carbocycles. The number of carbonyl (C=O) groups excluding carboxylic acids is 2. The summed E-state index contributed by atoms with van der Waals surface area (Å²) < 4.78 is 42.5. The molecule has 0 radical (unpaired) electrons. The van der Waals surface area contributed by atoms with Gasteiger partial charge in [-0.3, -0.25) is 14.5 Å². The number of benzene rings is 3. The lowest BCUT2D eigenvalue weighted by atomic mass is 9.99. The lowest BCUT2D eigenvalue weighted by Gasteiger charge is -2.22. The molecule has 1 N–H and O–H groups in total. The Morgan fingerprint density at radius 1 is 1.09 bits per heavy atom. The number of urea groups is 1. The number of nitrogens with zero attached hydrogens (tertiary/aromatic N) is 5. The second-order valence-corrected chi connectivity index (χ2v) is 11.0. The molecule has 0 unspecified atom stereocenters. The standard InChI is InChI=1S/C30H27F3N6O4S/c1-18(2)24-13-4-19(3)14-25(24)39-26(40)16-44-29(39)35-28(41)37-42-15-20-5-7-21(8-6-20)27-34-17-38(36-27)22-9-11-23(12-10-22)43-30(31,32)33/h4-14,17-18H,15-16H2,1-3H3,(H,37,41)/b35-29-. The van der Waals surface area contributed by atoms with E-state index in [9.17, 15) is 22.8 Å². The third kappa shape index (κ3) is 7.44. The zero-order valence-corrected chi connectivity index (χ0v) is 24.6. The Morgan fingerprint density at radius 3 is 2.50 bits per heavy atom. The van der Waals surface area contributed by atoms with Gasteiger partial charge in [-0.15, -0.1) is 18.3 Å². The van der Waals surface area contributed by atoms with E-state index >= 15 is 0 Å². The molecule has 2 heterocycles. The van der Waals surface area contributed by atoms with Crippen LogP contribution in [0, 0.1) is 6.92 Å². The van der Waals surface area contributed by atoms with Crippen molar-refractivity contribution in [2.24, 2.45) is 4.99 Å². The molecule has 3 aromatic carbocycles. The Hall–Kier alpha value is -4.69. The summed E-state index contributed by atoms with van der Waals surface area (Å²) in [6.07, 6.45) is -3.32. The number of amidine groups is 1. The number of aliphatic imine (C=N–C) groups is 1. The minimum Gasteiger partial charge on any atom is -0.406 e. The predicted molar refractivity (Wildman–Crippen MR) is 159 cm³/mol. The fraction of sp³-hybridized carbons (Fsp3) is 0.233. The first kappa shape index (κ1) is 30.8. The Kier molecular flexibility index (Phi) is 9.01. The number of alkyl halides is 3. The highest BCUT2D eigenvalue weighted by molar-refractivity contribution is 8.15. The first-order chi connectivity index (χ1) is 21.0. The van der Waals surface area contributed by atoms with Crippen LogP contribution in [0.4, 0.5) is 23.7 Å². The summed E-state index contributed by atoms with van der Waals surface area (Å²) >= 11 is 1.19. The molecule has 1 aromatic heterocycles. The number of nitrogens with one attached hydrogen (secondary N) is 1. The molecule has 1 saturated heterocycles. The van der Waals surface area contributed by atoms with E-state index in [1.54, 1.807) is 24.3 Å². The van der Waals surface area contributed by atoms with Crippen LogP contribution in [0.5, 0.6) is 5.75 Å². The molecule has 0 spiro atoms. The number of aromatic nitrogens is 3. The summed E-state index contributed by atoms with van der Waals surface area (Å²) in [6.45, 7) is 6.07. The summed E-state index contributed by atoms with van der Waals surface area (Å²) in [5, 5.41) is 4.66. The van der Waals surface area contributed by atoms with Crippen molar-refractivity contribution in [3.8, 4) is 22.8 Å². The molecule has 1 fully saturated rings. The van der Waals surface area contributed by atoms with Crippen molar-refractivity contribution < 1.29 is 32.3 Å². The number of amides is 3. The van der Waals surface area contributed by atoms with Crippen LogP contribution in [0.15, 0.2) is 78.0 Å². The number of aryl methyl sites for hydroxylation is 1. The second kappa shape index (κ2) is 12.9. The Bertz CT molecular complexity index is 1690. The number of rotatable bonds is 8. The lowest BCUT2D eigenvalue weighted by Crippen LogP contribution is -2.32. The van der Waals surface area contributed by atoms with E-state index in [2.05, 4.69) is 25.3 Å². The molecular formula is C30H27F3N6O4S. The van der Waals surface area contributed by atoms with Crippen LogP contribution in [0.25, 0.3) is 17.1 Å². The summed E-state index contributed by atoms with van der Waals surface area (Å²) in [7, 11) is 0. The molecule has 228 valence electrons. The number of hydrogen-bond donors (Lipinski definition) is 1. The maximum Gasteiger partial charge on any atom is 0.573 e. The van der Waals surface area contributed by atoms with Crippen molar-refractivity contribution in [1.29, 1.82) is 0 Å². The molecule has 4 aromatic rings. The SMILES string of the molecule is Cc1ccc(C(C)C)c(N2C(=O)CS/C2=N\C(=O)NOCc2ccc(-c3ncn(-c4ccc(OC(F)(F)F)cc4)n3)cc2)c1. The highest BCUT2D eigenvalue weighted by Crippen LogP contribution is 2.34. The van der Waals surface area contributed by atoms with Gasteiger partial charge in [0.25, 0.3) is 0 Å². The Balaban J connectivity index is 1.17. The normalized spacial score (nSPS) is 14.5. The molecule has 5 rings (SSSR count). The van der Waals surface area contributed by atoms with E-state index in [0.29, 0.717) is 17.1 Å². The van der Waals surface area contributed by atoms with E-state index < -0.39 is 12.4 Å². The van der Waals surface area contributed by atoms with E-state index in [1.807, 2.05) is 39.0 Å². The number of anilines is 1. The van der Waals surface area contributed by atoms with E-state index in [0.717, 1.165) is 22.4 Å². The number of halogens is 3. The third-order valence-electron chi connectivity index (χ3n) is 6.45. The van der Waals surface area contributed by atoms with Gasteiger partial charge in [0.2, 0.25) is 5.91 Å². The van der Waals surface area contributed by atoms with Crippen molar-refractivity contribution in [3.05, 3.63) is 89.7 Å². The van der Waals surface area contributed by atoms with E-state index in [4.69, 9.17) is 4.84 Å². The predicted octanol–water partition coefficient (Wildman–Crippen LogP) is 6.54. The maximum atomic E-state index is 12.7. The van der Waals surface area contributed by atoms with Gasteiger partial charge in [-0.05, 0) is 59.9 Å². The van der Waals surface area contributed by atoms with Crippen molar-refractivity contribution in [3.63, 3.8) is 0 Å². The number of hydroxylamine groups is 1. The summed E-state index contributed by atoms with van der Waals surface area (Å²) in [5.41, 5.74) is 6.93. The first-order valence-corrected chi connectivity index (χ1v) is 14.4. The monoisotopic (exact) mass is 624 g/mol. The number of carbonyl (C=O) groups is 2. The highest BCUT2D eigenvalue weighted by atomic mass is 32.2. The minimum atomic E-state index is -4.77. The fourth-order valence-corrected chi connectivity index (χ4v) is 5.24. The molecule has 0 aliphatic carbocycles. The molecular weight excluding hydrogens is 597 g/mol. The number of hydrogen-bond acceptors (Lipinski definition) is 7. The molecule has 0 bridgehead atoms. The number of thioether (sulfide) groups is 1. The van der Waals surface area contributed by atoms with Crippen molar-refractivity contribution in [1.82, 2.24) is 20.2 Å². The van der Waals surface area contributed by atoms with Crippen LogP contribution < -0.4 is 15.1 Å².